The first-order valence-corrected chi connectivity index (χ1v) is 5.47. The molecule has 90 valence electrons. The van der Waals surface area contributed by atoms with Gasteiger partial charge >= 0.3 is 0 Å². The molecule has 17 heavy (non-hydrogen) atoms. The average molecular weight is 232 g/mol. The second kappa shape index (κ2) is 6.61. The molecule has 0 spiro atoms. The molecule has 5 nitrogen and oxygen atoms in total. The lowest BCUT2D eigenvalue weighted by Gasteiger charge is -2.14. The molecule has 0 radical (unpaired) electrons. The van der Waals surface area contributed by atoms with E-state index in [1.165, 1.54) is 0 Å². The molecule has 5 heteroatoms. The fourth-order valence-electron chi connectivity index (χ4n) is 1.27. The lowest BCUT2D eigenvalue weighted by atomic mass is 10.2. The highest BCUT2D eigenvalue weighted by Gasteiger charge is 2.05. The zero-order valence-electron chi connectivity index (χ0n) is 10.1. The Balaban J connectivity index is 2.41. The number of pyridine rings is 1. The van der Waals surface area contributed by atoms with Crippen LogP contribution in [-0.2, 0) is 11.3 Å². The summed E-state index contributed by atoms with van der Waals surface area (Å²) in [6.07, 6.45) is 1.59. The molecule has 1 N–H and O–H groups in total. The number of amides is 1. The van der Waals surface area contributed by atoms with Crippen LogP contribution in [0.4, 0.5) is 0 Å². The molecule has 1 aromatic rings. The Morgan fingerprint density at radius 2 is 2.41 bits per heavy atom. The first-order valence-electron chi connectivity index (χ1n) is 5.47. The van der Waals surface area contributed by atoms with Crippen molar-refractivity contribution in [3.63, 3.8) is 0 Å². The van der Waals surface area contributed by atoms with Gasteiger partial charge in [0.15, 0.2) is 0 Å². The van der Waals surface area contributed by atoms with Gasteiger partial charge in [0.25, 0.3) is 0 Å². The minimum atomic E-state index is 0.0575. The smallest absolute Gasteiger partial charge is 0.236 e. The highest BCUT2D eigenvalue weighted by atomic mass is 16.2. The number of carbonyl (C=O) groups excluding carboxylic acids is 1. The number of carbonyl (C=O) groups is 1. The molecule has 0 saturated heterocycles. The Morgan fingerprint density at radius 1 is 1.65 bits per heavy atom. The molecule has 0 unspecified atom stereocenters. The standard InChI is InChI=1S/C12H16N4O/c1-3-16(2)12(17)9-14-8-10-4-5-15-11(6-10)7-13/h4-6,14H,3,8-9H2,1-2H3. The largest absolute Gasteiger partial charge is 0.345 e. The van der Waals surface area contributed by atoms with Crippen LogP contribution in [0.1, 0.15) is 18.2 Å². The molecule has 0 fully saturated rings. The van der Waals surface area contributed by atoms with Gasteiger partial charge in [-0.15, -0.1) is 0 Å². The van der Waals surface area contributed by atoms with Crippen molar-refractivity contribution in [1.82, 2.24) is 15.2 Å². The van der Waals surface area contributed by atoms with Crippen LogP contribution in [-0.4, -0.2) is 35.9 Å². The van der Waals surface area contributed by atoms with E-state index in [0.29, 0.717) is 25.3 Å². The number of nitrogens with zero attached hydrogens (tertiary/aromatic N) is 3. The second-order valence-corrected chi connectivity index (χ2v) is 3.67. The highest BCUT2D eigenvalue weighted by molar-refractivity contribution is 5.77. The topological polar surface area (TPSA) is 69.0 Å². The van der Waals surface area contributed by atoms with Crippen LogP contribution in [0.5, 0.6) is 0 Å². The van der Waals surface area contributed by atoms with Crippen molar-refractivity contribution in [3.8, 4) is 6.07 Å². The summed E-state index contributed by atoms with van der Waals surface area (Å²) in [6, 6.07) is 5.51. The van der Waals surface area contributed by atoms with Crippen LogP contribution in [0.3, 0.4) is 0 Å². The fourth-order valence-corrected chi connectivity index (χ4v) is 1.27. The summed E-state index contributed by atoms with van der Waals surface area (Å²) < 4.78 is 0. The van der Waals surface area contributed by atoms with Crippen LogP contribution >= 0.6 is 0 Å². The molecule has 0 bridgehead atoms. The van der Waals surface area contributed by atoms with Gasteiger partial charge in [-0.1, -0.05) is 0 Å². The number of nitriles is 1. The lowest BCUT2D eigenvalue weighted by molar-refractivity contribution is -0.128. The summed E-state index contributed by atoms with van der Waals surface area (Å²) in [5.41, 5.74) is 1.34. The average Bonchev–Trinajstić information content (AvgIpc) is 2.37. The van der Waals surface area contributed by atoms with Crippen molar-refractivity contribution < 1.29 is 4.79 Å². The van der Waals surface area contributed by atoms with E-state index in [0.717, 1.165) is 5.56 Å². The van der Waals surface area contributed by atoms with Crippen LogP contribution in [0.15, 0.2) is 18.3 Å². The molecule has 1 aromatic heterocycles. The van der Waals surface area contributed by atoms with Gasteiger partial charge < -0.3 is 10.2 Å². The summed E-state index contributed by atoms with van der Waals surface area (Å²) in [7, 11) is 1.77. The molecule has 0 atom stereocenters. The third-order valence-corrected chi connectivity index (χ3v) is 2.44. The van der Waals surface area contributed by atoms with E-state index in [4.69, 9.17) is 5.26 Å². The Hall–Kier alpha value is -1.93. The van der Waals surface area contributed by atoms with E-state index in [2.05, 4.69) is 10.3 Å². The van der Waals surface area contributed by atoms with Crippen LogP contribution in [0.2, 0.25) is 0 Å². The minimum absolute atomic E-state index is 0.0575. The zero-order chi connectivity index (χ0) is 12.7. The van der Waals surface area contributed by atoms with E-state index in [1.54, 1.807) is 24.2 Å². The third-order valence-electron chi connectivity index (χ3n) is 2.44. The number of hydrogen-bond acceptors (Lipinski definition) is 4. The number of rotatable bonds is 5. The van der Waals surface area contributed by atoms with Gasteiger partial charge in [0.05, 0.1) is 6.54 Å². The first-order chi connectivity index (χ1) is 8.17. The van der Waals surface area contributed by atoms with Gasteiger partial charge in [-0.3, -0.25) is 4.79 Å². The van der Waals surface area contributed by atoms with Crippen molar-refractivity contribution >= 4 is 5.91 Å². The van der Waals surface area contributed by atoms with Crippen LogP contribution < -0.4 is 5.32 Å². The SMILES string of the molecule is CCN(C)C(=O)CNCc1ccnc(C#N)c1. The first kappa shape index (κ1) is 13.1. The van der Waals surface area contributed by atoms with E-state index in [9.17, 15) is 4.79 Å². The number of aromatic nitrogens is 1. The van der Waals surface area contributed by atoms with Gasteiger partial charge in [-0.2, -0.15) is 5.26 Å². The van der Waals surface area contributed by atoms with Gasteiger partial charge in [0.2, 0.25) is 5.91 Å². The summed E-state index contributed by atoms with van der Waals surface area (Å²) >= 11 is 0. The molecule has 0 aliphatic heterocycles. The molecule has 0 aliphatic rings. The normalized spacial score (nSPS) is 9.71. The molecule has 1 heterocycles. The monoisotopic (exact) mass is 232 g/mol. The Bertz CT molecular complexity index is 425. The molecule has 0 saturated carbocycles. The predicted octanol–water partition coefficient (Wildman–Crippen LogP) is 0.521. The molecule has 0 aliphatic carbocycles. The summed E-state index contributed by atoms with van der Waals surface area (Å²) in [5, 5.41) is 11.7. The van der Waals surface area contributed by atoms with Gasteiger partial charge in [0, 0.05) is 26.3 Å². The number of nitrogens with one attached hydrogen (secondary N) is 1. The maximum atomic E-state index is 11.5. The lowest BCUT2D eigenvalue weighted by Crippen LogP contribution is -2.35. The second-order valence-electron chi connectivity index (χ2n) is 3.67. The highest BCUT2D eigenvalue weighted by Crippen LogP contribution is 2.00. The van der Waals surface area contributed by atoms with Gasteiger partial charge in [-0.25, -0.2) is 4.98 Å². The molecule has 1 rings (SSSR count). The number of likely N-dealkylation sites (N-methyl/N-ethyl adjacent to an activating group) is 1. The van der Waals surface area contributed by atoms with Crippen molar-refractivity contribution in [3.05, 3.63) is 29.6 Å². The van der Waals surface area contributed by atoms with Crippen molar-refractivity contribution in [2.75, 3.05) is 20.1 Å². The summed E-state index contributed by atoms with van der Waals surface area (Å²) in [5.74, 6) is 0.0575. The predicted molar refractivity (Wildman–Crippen MR) is 64.0 cm³/mol. The number of hydrogen-bond donors (Lipinski definition) is 1. The van der Waals surface area contributed by atoms with Gasteiger partial charge in [-0.05, 0) is 24.6 Å². The maximum Gasteiger partial charge on any atom is 0.236 e. The van der Waals surface area contributed by atoms with E-state index in [-0.39, 0.29) is 5.91 Å². The third kappa shape index (κ3) is 4.21. The van der Waals surface area contributed by atoms with Crippen LogP contribution in [0, 0.1) is 11.3 Å². The Morgan fingerprint density at radius 3 is 3.06 bits per heavy atom. The molecule has 0 aromatic carbocycles. The Labute approximate surface area is 101 Å². The van der Waals surface area contributed by atoms with Crippen molar-refractivity contribution in [1.29, 1.82) is 5.26 Å². The fraction of sp³-hybridized carbons (Fsp3) is 0.417. The van der Waals surface area contributed by atoms with E-state index in [1.807, 2.05) is 19.1 Å². The van der Waals surface area contributed by atoms with E-state index < -0.39 is 0 Å². The molecule has 1 amide bonds. The van der Waals surface area contributed by atoms with E-state index >= 15 is 0 Å². The quantitative estimate of drug-likeness (QED) is 0.803. The van der Waals surface area contributed by atoms with Crippen molar-refractivity contribution in [2.24, 2.45) is 0 Å². The Kier molecular flexibility index (Phi) is 5.11. The molecular formula is C12H16N4O. The summed E-state index contributed by atoms with van der Waals surface area (Å²) in [4.78, 5) is 17.0. The zero-order valence-corrected chi connectivity index (χ0v) is 10.1. The van der Waals surface area contributed by atoms with Crippen molar-refractivity contribution in [2.45, 2.75) is 13.5 Å². The summed E-state index contributed by atoms with van der Waals surface area (Å²) in [6.45, 7) is 3.49. The minimum Gasteiger partial charge on any atom is -0.345 e. The van der Waals surface area contributed by atoms with Crippen LogP contribution in [0.25, 0.3) is 0 Å². The maximum absolute atomic E-state index is 11.5. The van der Waals surface area contributed by atoms with Gasteiger partial charge in [0.1, 0.15) is 11.8 Å². The molecular weight excluding hydrogens is 216 g/mol.